The maximum Gasteiger partial charge on any atom is 0.295 e. The van der Waals surface area contributed by atoms with E-state index in [9.17, 15) is 23.5 Å². The lowest BCUT2D eigenvalue weighted by Crippen LogP contribution is -3.14. The topological polar surface area (TPSA) is 71.3 Å². The molecule has 2 N–H and O–H groups in total. The van der Waals surface area contributed by atoms with Crippen molar-refractivity contribution in [1.82, 2.24) is 4.90 Å². The van der Waals surface area contributed by atoms with Gasteiger partial charge in [0, 0.05) is 24.1 Å². The van der Waals surface area contributed by atoms with Crippen molar-refractivity contribution in [2.24, 2.45) is 0 Å². The molecule has 2 aromatic carbocycles. The predicted octanol–water partition coefficient (Wildman–Crippen LogP) is 1.69. The van der Waals surface area contributed by atoms with Crippen molar-refractivity contribution in [2.75, 3.05) is 39.4 Å². The summed E-state index contributed by atoms with van der Waals surface area (Å²) in [5, 5.41) is 10.9. The Bertz CT molecular complexity index is 1030. The number of aliphatic hydroxyl groups is 1. The van der Waals surface area contributed by atoms with E-state index in [2.05, 4.69) is 0 Å². The minimum Gasteiger partial charge on any atom is -0.507 e. The highest BCUT2D eigenvalue weighted by Gasteiger charge is 2.46. The number of nitrogens with one attached hydrogen (secondary N) is 1. The Kier molecular flexibility index (Phi) is 6.62. The lowest BCUT2D eigenvalue weighted by Gasteiger charge is -2.27. The van der Waals surface area contributed by atoms with Crippen molar-refractivity contribution in [3.05, 3.63) is 76.9 Å². The number of amides is 1. The smallest absolute Gasteiger partial charge is 0.295 e. The van der Waals surface area contributed by atoms with Crippen molar-refractivity contribution < 1.29 is 33.1 Å². The number of likely N-dealkylation sites (tertiary alicyclic amines) is 1. The van der Waals surface area contributed by atoms with Gasteiger partial charge in [0.2, 0.25) is 0 Å². The number of rotatable bonds is 6. The van der Waals surface area contributed by atoms with Crippen LogP contribution in [0.15, 0.2) is 54.1 Å². The third-order valence-corrected chi connectivity index (χ3v) is 5.99. The van der Waals surface area contributed by atoms with Gasteiger partial charge in [-0.3, -0.25) is 9.59 Å². The zero-order valence-corrected chi connectivity index (χ0v) is 17.5. The molecule has 2 aliphatic rings. The number of halogens is 2. The first-order valence-corrected chi connectivity index (χ1v) is 10.7. The largest absolute Gasteiger partial charge is 0.507 e. The van der Waals surface area contributed by atoms with Gasteiger partial charge in [-0.05, 0) is 30.3 Å². The Morgan fingerprint density at radius 3 is 2.44 bits per heavy atom. The van der Waals surface area contributed by atoms with Crippen LogP contribution >= 0.6 is 0 Å². The first-order chi connectivity index (χ1) is 15.5. The standard InChI is InChI=1S/C24H24F2N2O4/c25-17-8-6-16(7-9-17)22(29)20-21(18-4-1-2-5-19(18)26)28(24(31)23(20)30)11-3-10-27-12-14-32-15-13-27/h1-2,4-9,21,29H,3,10-15H2/p+1. The van der Waals surface area contributed by atoms with Crippen LogP contribution in [0.25, 0.3) is 5.76 Å². The number of nitrogens with zero attached hydrogens (tertiary/aromatic N) is 1. The molecule has 168 valence electrons. The van der Waals surface area contributed by atoms with Crippen LogP contribution in [0.1, 0.15) is 23.6 Å². The fourth-order valence-corrected chi connectivity index (χ4v) is 4.30. The molecule has 0 bridgehead atoms. The summed E-state index contributed by atoms with van der Waals surface area (Å²) in [4.78, 5) is 28.5. The number of hydrogen-bond acceptors (Lipinski definition) is 4. The molecular weight excluding hydrogens is 418 g/mol. The first kappa shape index (κ1) is 22.1. The van der Waals surface area contributed by atoms with E-state index in [0.29, 0.717) is 19.6 Å². The Balaban J connectivity index is 1.68. The fraction of sp³-hybridized carbons (Fsp3) is 0.333. The number of Topliss-reactive ketones (excluding diaryl/α,β-unsaturated/α-hetero) is 1. The average Bonchev–Trinajstić information content (AvgIpc) is 3.05. The summed E-state index contributed by atoms with van der Waals surface area (Å²) < 4.78 is 33.4. The van der Waals surface area contributed by atoms with Crippen LogP contribution in [0, 0.1) is 11.6 Å². The highest BCUT2D eigenvalue weighted by atomic mass is 19.1. The number of ketones is 1. The second-order valence-electron chi connectivity index (χ2n) is 7.99. The van der Waals surface area contributed by atoms with Gasteiger partial charge in [-0.15, -0.1) is 0 Å². The number of aliphatic hydroxyl groups excluding tert-OH is 1. The summed E-state index contributed by atoms with van der Waals surface area (Å²) in [6, 6.07) is 9.77. The zero-order chi connectivity index (χ0) is 22.7. The number of ether oxygens (including phenoxy) is 1. The second kappa shape index (κ2) is 9.58. The third kappa shape index (κ3) is 4.42. The average molecular weight is 443 g/mol. The van der Waals surface area contributed by atoms with E-state index in [1.807, 2.05) is 0 Å². The molecular formula is C24H25F2N2O4+. The van der Waals surface area contributed by atoms with Gasteiger partial charge in [0.1, 0.15) is 30.5 Å². The van der Waals surface area contributed by atoms with E-state index in [1.165, 1.54) is 40.1 Å². The monoisotopic (exact) mass is 443 g/mol. The molecule has 2 fully saturated rings. The van der Waals surface area contributed by atoms with Gasteiger partial charge in [0.15, 0.2) is 0 Å². The van der Waals surface area contributed by atoms with Crippen LogP contribution in [0.4, 0.5) is 8.78 Å². The summed E-state index contributed by atoms with van der Waals surface area (Å²) in [5.41, 5.74) is 0.128. The molecule has 1 amide bonds. The van der Waals surface area contributed by atoms with E-state index in [-0.39, 0.29) is 23.2 Å². The van der Waals surface area contributed by atoms with Crippen LogP contribution in [0.3, 0.4) is 0 Å². The molecule has 0 aromatic heterocycles. The predicted molar refractivity (Wildman–Crippen MR) is 113 cm³/mol. The van der Waals surface area contributed by atoms with E-state index in [4.69, 9.17) is 4.74 Å². The maximum absolute atomic E-state index is 14.8. The molecule has 0 saturated carbocycles. The Morgan fingerprint density at radius 1 is 1.06 bits per heavy atom. The molecule has 2 aromatic rings. The summed E-state index contributed by atoms with van der Waals surface area (Å²) in [6.07, 6.45) is 0.615. The van der Waals surface area contributed by atoms with Crippen molar-refractivity contribution in [1.29, 1.82) is 0 Å². The number of carbonyl (C=O) groups is 2. The van der Waals surface area contributed by atoms with Crippen LogP contribution in [-0.4, -0.2) is 61.1 Å². The van der Waals surface area contributed by atoms with Crippen molar-refractivity contribution in [3.63, 3.8) is 0 Å². The van der Waals surface area contributed by atoms with Gasteiger partial charge in [-0.2, -0.15) is 0 Å². The van der Waals surface area contributed by atoms with Gasteiger partial charge in [0.25, 0.3) is 11.7 Å². The number of carbonyl (C=O) groups excluding carboxylic acids is 2. The molecule has 8 heteroatoms. The molecule has 1 unspecified atom stereocenters. The summed E-state index contributed by atoms with van der Waals surface area (Å²) in [6.45, 7) is 4.15. The normalized spacial score (nSPS) is 21.3. The lowest BCUT2D eigenvalue weighted by molar-refractivity contribution is -0.908. The molecule has 6 nitrogen and oxygen atoms in total. The summed E-state index contributed by atoms with van der Waals surface area (Å²) >= 11 is 0. The SMILES string of the molecule is O=C1C(=O)N(CCC[NH+]2CCOCC2)C(c2ccccc2F)C1=C(O)c1ccc(F)cc1. The highest BCUT2D eigenvalue weighted by Crippen LogP contribution is 2.40. The molecule has 4 rings (SSSR count). The Hall–Kier alpha value is -3.10. The quantitative estimate of drug-likeness (QED) is 0.405. The lowest BCUT2D eigenvalue weighted by atomic mass is 9.95. The number of benzene rings is 2. The number of quaternary nitrogens is 1. The molecule has 2 saturated heterocycles. The maximum atomic E-state index is 14.8. The van der Waals surface area contributed by atoms with Crippen LogP contribution in [0.5, 0.6) is 0 Å². The van der Waals surface area contributed by atoms with Gasteiger partial charge < -0.3 is 19.6 Å². The molecule has 32 heavy (non-hydrogen) atoms. The van der Waals surface area contributed by atoms with E-state index < -0.39 is 35.1 Å². The molecule has 0 radical (unpaired) electrons. The van der Waals surface area contributed by atoms with Gasteiger partial charge >= 0.3 is 0 Å². The van der Waals surface area contributed by atoms with Gasteiger partial charge in [0.05, 0.1) is 31.4 Å². The zero-order valence-electron chi connectivity index (χ0n) is 17.5. The second-order valence-corrected chi connectivity index (χ2v) is 7.99. The van der Waals surface area contributed by atoms with E-state index in [1.54, 1.807) is 6.07 Å². The number of morpholine rings is 1. The Morgan fingerprint density at radius 2 is 1.75 bits per heavy atom. The molecule has 1 atom stereocenters. The number of hydrogen-bond donors (Lipinski definition) is 2. The minimum atomic E-state index is -1.05. The van der Waals surface area contributed by atoms with Gasteiger partial charge in [-0.25, -0.2) is 8.78 Å². The van der Waals surface area contributed by atoms with Gasteiger partial charge in [-0.1, -0.05) is 18.2 Å². The minimum absolute atomic E-state index is 0.133. The van der Waals surface area contributed by atoms with Crippen LogP contribution in [0.2, 0.25) is 0 Å². The third-order valence-electron chi connectivity index (χ3n) is 5.99. The molecule has 0 spiro atoms. The fourth-order valence-electron chi connectivity index (χ4n) is 4.30. The molecule has 2 heterocycles. The van der Waals surface area contributed by atoms with E-state index in [0.717, 1.165) is 31.8 Å². The van der Waals surface area contributed by atoms with Crippen molar-refractivity contribution in [2.45, 2.75) is 12.5 Å². The van der Waals surface area contributed by atoms with Crippen molar-refractivity contribution in [3.8, 4) is 0 Å². The first-order valence-electron chi connectivity index (χ1n) is 10.7. The van der Waals surface area contributed by atoms with E-state index >= 15 is 0 Å². The molecule has 0 aliphatic carbocycles. The van der Waals surface area contributed by atoms with Crippen LogP contribution < -0.4 is 4.90 Å². The van der Waals surface area contributed by atoms with Crippen LogP contribution in [-0.2, 0) is 14.3 Å². The Labute approximate surface area is 184 Å². The highest BCUT2D eigenvalue weighted by molar-refractivity contribution is 6.46. The summed E-state index contributed by atoms with van der Waals surface area (Å²) in [7, 11) is 0. The molecule has 2 aliphatic heterocycles. The van der Waals surface area contributed by atoms with Crippen molar-refractivity contribution >= 4 is 17.4 Å². The summed E-state index contributed by atoms with van der Waals surface area (Å²) in [5.74, 6) is -3.18.